The minimum atomic E-state index is -0.344. The Labute approximate surface area is 178 Å². The van der Waals surface area contributed by atoms with Crippen LogP contribution in [0, 0.1) is 0 Å². The van der Waals surface area contributed by atoms with Crippen molar-refractivity contribution in [2.75, 3.05) is 26.3 Å². The first-order valence-corrected chi connectivity index (χ1v) is 9.38. The van der Waals surface area contributed by atoms with Crippen molar-refractivity contribution in [3.63, 3.8) is 0 Å². The zero-order valence-electron chi connectivity index (χ0n) is 17.7. The molecular formula is C22H34N2O6. The summed E-state index contributed by atoms with van der Waals surface area (Å²) in [5.41, 5.74) is 7.89. The van der Waals surface area contributed by atoms with Gasteiger partial charge in [-0.05, 0) is 44.4 Å². The fourth-order valence-electron chi connectivity index (χ4n) is 1.95. The van der Waals surface area contributed by atoms with Crippen LogP contribution in [0.5, 0.6) is 0 Å². The molecule has 8 heteroatoms. The van der Waals surface area contributed by atoms with E-state index < -0.39 is 0 Å². The van der Waals surface area contributed by atoms with Crippen LogP contribution in [0.3, 0.4) is 0 Å². The Kier molecular flexibility index (Phi) is 27.4. The molecule has 0 aromatic heterocycles. The fourth-order valence-corrected chi connectivity index (χ4v) is 1.95. The largest absolute Gasteiger partial charge is 0.450 e. The van der Waals surface area contributed by atoms with Crippen molar-refractivity contribution in [2.45, 2.75) is 26.7 Å². The first kappa shape index (κ1) is 31.7. The highest BCUT2D eigenvalue weighted by Crippen LogP contribution is 1.98. The molecule has 8 nitrogen and oxygen atoms in total. The molecule has 0 saturated heterocycles. The third-order valence-electron chi connectivity index (χ3n) is 3.08. The van der Waals surface area contributed by atoms with E-state index in [0.29, 0.717) is 13.2 Å². The average Bonchev–Trinajstić information content (AvgIpc) is 2.72. The highest BCUT2D eigenvalue weighted by molar-refractivity contribution is 5.67. The molecule has 168 valence electrons. The van der Waals surface area contributed by atoms with E-state index >= 15 is 0 Å². The molecule has 30 heavy (non-hydrogen) atoms. The molecule has 0 aliphatic rings. The minimum absolute atomic E-state index is 0. The van der Waals surface area contributed by atoms with Gasteiger partial charge in [0.25, 0.3) is 0 Å². The fraction of sp³-hybridized carbons (Fsp3) is 0.364. The number of aliphatic hydroxyl groups excluding tert-OH is 1. The van der Waals surface area contributed by atoms with Crippen molar-refractivity contribution in [1.29, 1.82) is 0 Å². The highest BCUT2D eigenvalue weighted by Gasteiger charge is 1.98. The van der Waals surface area contributed by atoms with Crippen LogP contribution >= 0.6 is 0 Å². The maximum Gasteiger partial charge on any atom is 0.407 e. The second kappa shape index (κ2) is 26.0. The van der Waals surface area contributed by atoms with Crippen molar-refractivity contribution < 1.29 is 29.7 Å². The Morgan fingerprint density at radius 3 is 1.73 bits per heavy atom. The third kappa shape index (κ3) is 23.0. The summed E-state index contributed by atoms with van der Waals surface area (Å²) >= 11 is 0. The lowest BCUT2D eigenvalue weighted by molar-refractivity contribution is -0.191. The number of benzene rings is 2. The summed E-state index contributed by atoms with van der Waals surface area (Å²) in [6, 6.07) is 20.3. The van der Waals surface area contributed by atoms with Gasteiger partial charge in [-0.15, -0.1) is 0 Å². The van der Waals surface area contributed by atoms with Crippen LogP contribution < -0.4 is 11.1 Å². The molecule has 0 fully saturated rings. The number of carbonyl (C=O) groups excluding carboxylic acids is 3. The monoisotopic (exact) mass is 422 g/mol. The number of nitrogens with one attached hydrogen (secondary N) is 1. The predicted molar refractivity (Wildman–Crippen MR) is 116 cm³/mol. The van der Waals surface area contributed by atoms with E-state index in [-0.39, 0.29) is 24.3 Å². The van der Waals surface area contributed by atoms with Gasteiger partial charge in [-0.2, -0.15) is 9.59 Å². The minimum Gasteiger partial charge on any atom is -0.450 e. The summed E-state index contributed by atoms with van der Waals surface area (Å²) in [6.45, 7) is 5.49. The second-order valence-electron chi connectivity index (χ2n) is 5.31. The van der Waals surface area contributed by atoms with Crippen LogP contribution in [0.1, 0.15) is 25.0 Å². The molecule has 0 spiro atoms. The molecule has 0 bridgehead atoms. The molecule has 0 heterocycles. The van der Waals surface area contributed by atoms with Gasteiger partial charge in [-0.1, -0.05) is 60.7 Å². The number of amides is 1. The number of hydrogen-bond acceptors (Lipinski definition) is 6. The van der Waals surface area contributed by atoms with Crippen LogP contribution in [0.4, 0.5) is 4.79 Å². The maximum atomic E-state index is 10.9. The molecule has 6 N–H and O–H groups in total. The molecule has 0 radical (unpaired) electrons. The molecule has 0 saturated carbocycles. The van der Waals surface area contributed by atoms with Gasteiger partial charge in [-0.3, -0.25) is 0 Å². The van der Waals surface area contributed by atoms with Gasteiger partial charge in [0.1, 0.15) is 0 Å². The first-order valence-electron chi connectivity index (χ1n) is 9.38. The van der Waals surface area contributed by atoms with Gasteiger partial charge in [0.15, 0.2) is 0 Å². The summed E-state index contributed by atoms with van der Waals surface area (Å²) in [5.74, 6) is 0. The second-order valence-corrected chi connectivity index (χ2v) is 5.31. The van der Waals surface area contributed by atoms with E-state index in [1.54, 1.807) is 13.8 Å². The standard InChI is InChI=1S/C11H15NO2.C8H11N.C2H6O.CO2.H2O/c1-2-14-11(13)12-9-8-10-6-4-3-5-7-10;9-7-6-8-4-2-1-3-5-8;1-2-3;2-1-3;/h3-7H,2,8-9H2,1H3,(H,12,13);1-5H,6-7,9H2;3H,2H2,1H3;;1H2. The SMILES string of the molecule is CCO.CCOC(=O)NCCc1ccccc1.NCCc1ccccc1.O.O=C=O. The Hall–Kier alpha value is -3.03. The van der Waals surface area contributed by atoms with Crippen LogP contribution in [-0.2, 0) is 27.2 Å². The topological polar surface area (TPSA) is 150 Å². The number of aliphatic hydroxyl groups is 1. The lowest BCUT2D eigenvalue weighted by atomic mass is 10.1. The van der Waals surface area contributed by atoms with Gasteiger partial charge in [-0.25, -0.2) is 4.79 Å². The maximum absolute atomic E-state index is 10.9. The van der Waals surface area contributed by atoms with E-state index in [1.165, 1.54) is 11.1 Å². The lowest BCUT2D eigenvalue weighted by Gasteiger charge is -2.04. The smallest absolute Gasteiger partial charge is 0.407 e. The number of ether oxygens (including phenoxy) is 1. The Balaban J connectivity index is -0.000000392. The summed E-state index contributed by atoms with van der Waals surface area (Å²) in [4.78, 5) is 27.1. The average molecular weight is 423 g/mol. The number of nitrogens with two attached hydrogens (primary N) is 1. The van der Waals surface area contributed by atoms with Gasteiger partial charge < -0.3 is 26.4 Å². The highest BCUT2D eigenvalue weighted by atomic mass is 16.5. The van der Waals surface area contributed by atoms with Gasteiger partial charge in [0.05, 0.1) is 6.61 Å². The van der Waals surface area contributed by atoms with Crippen LogP contribution in [-0.4, -0.2) is 49.1 Å². The normalized spacial score (nSPS) is 8.13. The molecule has 0 aliphatic carbocycles. The molecule has 0 aliphatic heterocycles. The Bertz CT molecular complexity index is 633. The third-order valence-corrected chi connectivity index (χ3v) is 3.08. The quantitative estimate of drug-likeness (QED) is 0.645. The zero-order chi connectivity index (χ0) is 22.2. The number of hydrogen-bond donors (Lipinski definition) is 3. The van der Waals surface area contributed by atoms with Crippen molar-refractivity contribution >= 4 is 12.2 Å². The van der Waals surface area contributed by atoms with Crippen molar-refractivity contribution in [2.24, 2.45) is 5.73 Å². The van der Waals surface area contributed by atoms with Crippen molar-refractivity contribution in [1.82, 2.24) is 5.32 Å². The number of alkyl carbamates (subject to hydrolysis) is 1. The zero-order valence-corrected chi connectivity index (χ0v) is 17.7. The lowest BCUT2D eigenvalue weighted by Crippen LogP contribution is -2.26. The van der Waals surface area contributed by atoms with Crippen molar-refractivity contribution in [3.8, 4) is 0 Å². The summed E-state index contributed by atoms with van der Waals surface area (Å²) < 4.78 is 4.73. The van der Waals surface area contributed by atoms with Gasteiger partial charge in [0.2, 0.25) is 0 Å². The number of carbonyl (C=O) groups is 1. The van der Waals surface area contributed by atoms with Crippen LogP contribution in [0.15, 0.2) is 60.7 Å². The van der Waals surface area contributed by atoms with E-state index in [0.717, 1.165) is 19.4 Å². The summed E-state index contributed by atoms with van der Waals surface area (Å²) in [7, 11) is 0. The molecule has 0 atom stereocenters. The Morgan fingerprint density at radius 1 is 0.967 bits per heavy atom. The van der Waals surface area contributed by atoms with E-state index in [1.807, 2.05) is 48.5 Å². The molecule has 0 unspecified atom stereocenters. The number of rotatable bonds is 6. The first-order chi connectivity index (χ1) is 14.1. The summed E-state index contributed by atoms with van der Waals surface area (Å²) in [5, 5.41) is 10.2. The van der Waals surface area contributed by atoms with Crippen LogP contribution in [0.25, 0.3) is 0 Å². The van der Waals surface area contributed by atoms with E-state index in [4.69, 9.17) is 25.2 Å². The van der Waals surface area contributed by atoms with Crippen molar-refractivity contribution in [3.05, 3.63) is 71.8 Å². The van der Waals surface area contributed by atoms with E-state index in [2.05, 4.69) is 17.4 Å². The summed E-state index contributed by atoms with van der Waals surface area (Å²) in [6.07, 6.45) is 1.73. The van der Waals surface area contributed by atoms with Gasteiger partial charge >= 0.3 is 12.2 Å². The molecule has 1 amide bonds. The van der Waals surface area contributed by atoms with Gasteiger partial charge in [0, 0.05) is 13.2 Å². The van der Waals surface area contributed by atoms with E-state index in [9.17, 15) is 4.79 Å². The predicted octanol–water partition coefficient (Wildman–Crippen LogP) is 1.75. The molecule has 2 aromatic rings. The molecule has 2 aromatic carbocycles. The molecule has 2 rings (SSSR count). The Morgan fingerprint density at radius 2 is 1.37 bits per heavy atom. The molecular weight excluding hydrogens is 388 g/mol. The van der Waals surface area contributed by atoms with Crippen LogP contribution in [0.2, 0.25) is 0 Å².